The van der Waals surface area contributed by atoms with Crippen molar-refractivity contribution in [1.82, 2.24) is 5.32 Å². The van der Waals surface area contributed by atoms with Gasteiger partial charge in [-0.3, -0.25) is 14.4 Å². The van der Waals surface area contributed by atoms with Gasteiger partial charge in [-0.05, 0) is 46.3 Å². The fourth-order valence-electron chi connectivity index (χ4n) is 1.74. The van der Waals surface area contributed by atoms with Gasteiger partial charge in [0.25, 0.3) is 11.8 Å². The number of hydrogen-bond acceptors (Lipinski definition) is 6. The van der Waals surface area contributed by atoms with Crippen LogP contribution in [0.4, 0.5) is 5.69 Å². The van der Waals surface area contributed by atoms with Crippen molar-refractivity contribution in [2.45, 2.75) is 0 Å². The summed E-state index contributed by atoms with van der Waals surface area (Å²) in [6.07, 6.45) is 0. The quantitative estimate of drug-likeness (QED) is 0.706. The van der Waals surface area contributed by atoms with Crippen molar-refractivity contribution in [3.63, 3.8) is 0 Å². The monoisotopic (exact) mass is 405 g/mol. The van der Waals surface area contributed by atoms with E-state index in [2.05, 4.69) is 26.6 Å². The molecule has 8 nitrogen and oxygen atoms in total. The highest BCUT2D eigenvalue weighted by molar-refractivity contribution is 9.10. The molecule has 0 unspecified atom stereocenters. The molecule has 0 aliphatic rings. The van der Waals surface area contributed by atoms with Gasteiger partial charge < -0.3 is 19.8 Å². The minimum absolute atomic E-state index is 0.0368. The minimum Gasteiger partial charge on any atom is -0.454 e. The molecule has 2 aromatic rings. The second kappa shape index (κ2) is 8.65. The van der Waals surface area contributed by atoms with Crippen molar-refractivity contribution in [1.29, 1.82) is 5.26 Å². The maximum Gasteiger partial charge on any atom is 0.325 e. The van der Waals surface area contributed by atoms with Crippen LogP contribution in [0.1, 0.15) is 16.1 Å². The van der Waals surface area contributed by atoms with Crippen molar-refractivity contribution in [2.75, 3.05) is 18.5 Å². The van der Waals surface area contributed by atoms with Gasteiger partial charge in [0.05, 0.1) is 11.6 Å². The van der Waals surface area contributed by atoms with Crippen LogP contribution in [0.25, 0.3) is 0 Å². The number of carbonyl (C=O) groups excluding carboxylic acids is 3. The number of carbonyl (C=O) groups is 3. The van der Waals surface area contributed by atoms with Gasteiger partial charge in [0.1, 0.15) is 6.54 Å². The van der Waals surface area contributed by atoms with Gasteiger partial charge in [-0.1, -0.05) is 6.07 Å². The first-order chi connectivity index (χ1) is 12.0. The third kappa shape index (κ3) is 5.78. The van der Waals surface area contributed by atoms with Crippen LogP contribution in [0.3, 0.4) is 0 Å². The molecule has 0 atom stereocenters. The molecule has 2 amide bonds. The molecule has 2 N–H and O–H groups in total. The Bertz CT molecular complexity index is 840. The Labute approximate surface area is 150 Å². The minimum atomic E-state index is -0.778. The third-order valence-corrected chi connectivity index (χ3v) is 3.26. The number of ether oxygens (including phenoxy) is 1. The van der Waals surface area contributed by atoms with Gasteiger partial charge in [-0.2, -0.15) is 5.26 Å². The summed E-state index contributed by atoms with van der Waals surface area (Å²) in [7, 11) is 0. The Morgan fingerprint density at radius 3 is 2.72 bits per heavy atom. The first kappa shape index (κ1) is 18.2. The number of amides is 2. The van der Waals surface area contributed by atoms with Crippen molar-refractivity contribution < 1.29 is 23.5 Å². The molecule has 1 heterocycles. The number of furan rings is 1. The summed E-state index contributed by atoms with van der Waals surface area (Å²) in [5.41, 5.74) is 0.805. The predicted octanol–water partition coefficient (Wildman–Crippen LogP) is 1.83. The van der Waals surface area contributed by atoms with Gasteiger partial charge in [-0.25, -0.2) is 0 Å². The van der Waals surface area contributed by atoms with Crippen molar-refractivity contribution in [3.05, 3.63) is 52.4 Å². The van der Waals surface area contributed by atoms with Crippen molar-refractivity contribution in [3.8, 4) is 6.07 Å². The van der Waals surface area contributed by atoms with Crippen LogP contribution in [0.15, 0.2) is 45.5 Å². The van der Waals surface area contributed by atoms with E-state index in [-0.39, 0.29) is 5.76 Å². The molecule has 1 aromatic heterocycles. The van der Waals surface area contributed by atoms with Crippen LogP contribution in [0, 0.1) is 11.3 Å². The predicted molar refractivity (Wildman–Crippen MR) is 89.5 cm³/mol. The van der Waals surface area contributed by atoms with Crippen molar-refractivity contribution >= 4 is 39.4 Å². The molecule has 0 radical (unpaired) electrons. The molecule has 128 valence electrons. The Balaban J connectivity index is 1.73. The smallest absolute Gasteiger partial charge is 0.325 e. The SMILES string of the molecule is N#Cc1cccc(NC(=O)COC(=O)CNC(=O)c2ccc(Br)o2)c1. The largest absolute Gasteiger partial charge is 0.454 e. The van der Waals surface area contributed by atoms with E-state index in [1.165, 1.54) is 12.1 Å². The molecule has 0 bridgehead atoms. The molecule has 0 aliphatic carbocycles. The van der Waals surface area contributed by atoms with E-state index in [4.69, 9.17) is 14.4 Å². The second-order valence-electron chi connectivity index (χ2n) is 4.69. The highest BCUT2D eigenvalue weighted by atomic mass is 79.9. The summed E-state index contributed by atoms with van der Waals surface area (Å²) in [5.74, 6) is -1.89. The Morgan fingerprint density at radius 1 is 1.24 bits per heavy atom. The lowest BCUT2D eigenvalue weighted by Gasteiger charge is -2.07. The number of hydrogen-bond donors (Lipinski definition) is 2. The average molecular weight is 406 g/mol. The van der Waals surface area contributed by atoms with Gasteiger partial charge in [0.15, 0.2) is 17.0 Å². The fourth-order valence-corrected chi connectivity index (χ4v) is 2.04. The summed E-state index contributed by atoms with van der Waals surface area (Å²) >= 11 is 3.06. The van der Waals surface area contributed by atoms with E-state index in [1.54, 1.807) is 24.3 Å². The van der Waals surface area contributed by atoms with E-state index in [1.807, 2.05) is 6.07 Å². The third-order valence-electron chi connectivity index (χ3n) is 2.83. The standard InChI is InChI=1S/C16H12BrN3O5/c17-13-5-4-12(25-13)16(23)19-8-15(22)24-9-14(21)20-11-3-1-2-10(6-11)7-18/h1-6H,8-9H2,(H,19,23)(H,20,21). The summed E-state index contributed by atoms with van der Waals surface area (Å²) < 4.78 is 10.2. The van der Waals surface area contributed by atoms with E-state index >= 15 is 0 Å². The molecule has 9 heteroatoms. The van der Waals surface area contributed by atoms with Gasteiger partial charge in [0.2, 0.25) is 0 Å². The highest BCUT2D eigenvalue weighted by Crippen LogP contribution is 2.13. The molecule has 0 aliphatic heterocycles. The van der Waals surface area contributed by atoms with Crippen LogP contribution in [0.2, 0.25) is 0 Å². The molecular weight excluding hydrogens is 394 g/mol. The lowest BCUT2D eigenvalue weighted by atomic mass is 10.2. The highest BCUT2D eigenvalue weighted by Gasteiger charge is 2.13. The zero-order valence-corrected chi connectivity index (χ0v) is 14.3. The number of nitrogens with zero attached hydrogens (tertiary/aromatic N) is 1. The number of rotatable bonds is 6. The lowest BCUT2D eigenvalue weighted by molar-refractivity contribution is -0.146. The summed E-state index contributed by atoms with van der Waals surface area (Å²) in [4.78, 5) is 34.9. The first-order valence-corrected chi connectivity index (χ1v) is 7.76. The summed E-state index contributed by atoms with van der Waals surface area (Å²) in [6, 6.07) is 11.2. The van der Waals surface area contributed by atoms with Crippen LogP contribution < -0.4 is 10.6 Å². The Kier molecular flexibility index (Phi) is 6.31. The first-order valence-electron chi connectivity index (χ1n) is 6.97. The zero-order valence-electron chi connectivity index (χ0n) is 12.7. The van der Waals surface area contributed by atoms with Crippen LogP contribution in [-0.4, -0.2) is 30.9 Å². The lowest BCUT2D eigenvalue weighted by Crippen LogP contribution is -2.32. The number of nitriles is 1. The number of benzene rings is 1. The number of nitrogens with one attached hydrogen (secondary N) is 2. The van der Waals surface area contributed by atoms with Crippen LogP contribution in [0.5, 0.6) is 0 Å². The molecular formula is C16H12BrN3O5. The average Bonchev–Trinajstić information content (AvgIpc) is 3.04. The molecule has 25 heavy (non-hydrogen) atoms. The van der Waals surface area contributed by atoms with E-state index < -0.39 is 30.9 Å². The molecule has 0 fully saturated rings. The number of halogens is 1. The number of esters is 1. The van der Waals surface area contributed by atoms with Gasteiger partial charge >= 0.3 is 5.97 Å². The summed E-state index contributed by atoms with van der Waals surface area (Å²) in [5, 5.41) is 13.6. The van der Waals surface area contributed by atoms with E-state index in [0.717, 1.165) is 0 Å². The van der Waals surface area contributed by atoms with Crippen LogP contribution >= 0.6 is 15.9 Å². The van der Waals surface area contributed by atoms with Crippen molar-refractivity contribution in [2.24, 2.45) is 0 Å². The molecule has 0 saturated carbocycles. The maximum absolute atomic E-state index is 11.7. The normalized spacial score (nSPS) is 9.76. The molecule has 0 spiro atoms. The molecule has 2 rings (SSSR count). The van der Waals surface area contributed by atoms with Gasteiger partial charge in [0, 0.05) is 5.69 Å². The Morgan fingerprint density at radius 2 is 2.04 bits per heavy atom. The topological polar surface area (TPSA) is 121 Å². The molecule has 1 aromatic carbocycles. The molecule has 0 saturated heterocycles. The fraction of sp³-hybridized carbons (Fsp3) is 0.125. The van der Waals surface area contributed by atoms with Crippen LogP contribution in [-0.2, 0) is 14.3 Å². The van der Waals surface area contributed by atoms with E-state index in [9.17, 15) is 14.4 Å². The second-order valence-corrected chi connectivity index (χ2v) is 5.47. The Hall–Kier alpha value is -3.12. The zero-order chi connectivity index (χ0) is 18.2. The van der Waals surface area contributed by atoms with E-state index in [0.29, 0.717) is 15.9 Å². The maximum atomic E-state index is 11.7. The number of anilines is 1. The summed E-state index contributed by atoms with van der Waals surface area (Å²) in [6.45, 7) is -0.924. The van der Waals surface area contributed by atoms with Gasteiger partial charge in [-0.15, -0.1) is 0 Å².